The highest BCUT2D eigenvalue weighted by molar-refractivity contribution is 7.85. The number of nitrogens with one attached hydrogen (secondary N) is 2. The van der Waals surface area contributed by atoms with E-state index in [1.54, 1.807) is 55.6 Å². The van der Waals surface area contributed by atoms with Gasteiger partial charge in [0.25, 0.3) is 16.0 Å². The molecule has 4 rings (SSSR count). The maximum absolute atomic E-state index is 13.3. The van der Waals surface area contributed by atoms with E-state index in [4.69, 9.17) is 20.4 Å². The number of carbonyl (C=O) groups excluding carboxylic acids is 1. The van der Waals surface area contributed by atoms with Gasteiger partial charge < -0.3 is 20.9 Å². The summed E-state index contributed by atoms with van der Waals surface area (Å²) < 4.78 is 31.2. The first kappa shape index (κ1) is 27.8. The van der Waals surface area contributed by atoms with Crippen LogP contribution in [0, 0.1) is 5.41 Å². The highest BCUT2D eigenvalue weighted by Crippen LogP contribution is 2.33. The molecule has 0 radical (unpaired) electrons. The van der Waals surface area contributed by atoms with Crippen LogP contribution in [-0.2, 0) is 10.1 Å². The van der Waals surface area contributed by atoms with E-state index in [9.17, 15) is 23.1 Å². The number of rotatable bonds is 6. The van der Waals surface area contributed by atoms with Crippen molar-refractivity contribution in [2.75, 3.05) is 18.7 Å². The van der Waals surface area contributed by atoms with Gasteiger partial charge in [0.2, 0.25) is 0 Å². The van der Waals surface area contributed by atoms with Crippen LogP contribution in [0.15, 0.2) is 78.9 Å². The normalized spacial score (nSPS) is 10.7. The summed E-state index contributed by atoms with van der Waals surface area (Å²) in [5.74, 6) is -0.895. The summed E-state index contributed by atoms with van der Waals surface area (Å²) in [5.41, 5.74) is 7.93. The van der Waals surface area contributed by atoms with Gasteiger partial charge in [-0.15, -0.1) is 0 Å². The van der Waals surface area contributed by atoms with E-state index in [0.717, 1.165) is 10.8 Å². The number of fused-ring (bicyclic) bond motifs is 1. The Morgan fingerprint density at radius 2 is 1.53 bits per heavy atom. The predicted molar refractivity (Wildman–Crippen MR) is 146 cm³/mol. The molecule has 11 heteroatoms. The molecule has 10 nitrogen and oxygen atoms in total. The quantitative estimate of drug-likeness (QED) is 0.138. The number of benzene rings is 4. The highest BCUT2D eigenvalue weighted by Gasteiger charge is 2.19. The first-order valence-corrected chi connectivity index (χ1v) is 12.8. The number of amidine groups is 1. The van der Waals surface area contributed by atoms with E-state index in [1.807, 2.05) is 24.3 Å². The number of carboxylic acid groups (broad SMARTS) is 1. The van der Waals surface area contributed by atoms with Gasteiger partial charge in [-0.05, 0) is 76.5 Å². The van der Waals surface area contributed by atoms with Crippen molar-refractivity contribution in [2.45, 2.75) is 0 Å². The molecule has 4 aromatic rings. The van der Waals surface area contributed by atoms with E-state index < -0.39 is 22.0 Å². The Morgan fingerprint density at radius 1 is 0.895 bits per heavy atom. The monoisotopic (exact) mass is 535 g/mol. The molecule has 4 aromatic carbocycles. The standard InChI is InChI=1S/C26H21N3O4.CH4O3S/c1-33-19-11-8-16-13-22(20-4-2-3-5-21(20)26(31)32)23(14-17(16)12-19)25(30)29-18-9-6-15(7-10-18)24(27)28;1-5(2,3)4/h2-14H,1H3,(H3,27,28)(H,29,30)(H,31,32);1H3,(H,2,3,4). The molecule has 0 unspecified atom stereocenters. The van der Waals surface area contributed by atoms with E-state index in [1.165, 1.54) is 6.07 Å². The lowest BCUT2D eigenvalue weighted by molar-refractivity contribution is 0.0697. The van der Waals surface area contributed by atoms with Gasteiger partial charge in [0.15, 0.2) is 0 Å². The minimum atomic E-state index is -3.67. The first-order valence-electron chi connectivity index (χ1n) is 11.0. The fourth-order valence-corrected chi connectivity index (χ4v) is 3.65. The fourth-order valence-electron chi connectivity index (χ4n) is 3.65. The van der Waals surface area contributed by atoms with Gasteiger partial charge in [-0.3, -0.25) is 14.8 Å². The van der Waals surface area contributed by atoms with Crippen molar-refractivity contribution in [3.05, 3.63) is 95.6 Å². The average Bonchev–Trinajstić information content (AvgIpc) is 2.86. The topological polar surface area (TPSA) is 180 Å². The third kappa shape index (κ3) is 7.15. The summed E-state index contributed by atoms with van der Waals surface area (Å²) >= 11 is 0. The number of nitrogen functional groups attached to an aromatic ring is 1. The van der Waals surface area contributed by atoms with Crippen molar-refractivity contribution in [3.63, 3.8) is 0 Å². The summed E-state index contributed by atoms with van der Waals surface area (Å²) in [5, 5.41) is 21.7. The van der Waals surface area contributed by atoms with E-state index in [0.29, 0.717) is 39.9 Å². The van der Waals surface area contributed by atoms with Gasteiger partial charge in [0.1, 0.15) is 11.6 Å². The third-order valence-electron chi connectivity index (χ3n) is 5.33. The minimum absolute atomic E-state index is 0.0658. The molecule has 6 N–H and O–H groups in total. The smallest absolute Gasteiger partial charge is 0.336 e. The van der Waals surface area contributed by atoms with Crippen molar-refractivity contribution in [2.24, 2.45) is 5.73 Å². The zero-order chi connectivity index (χ0) is 28.0. The van der Waals surface area contributed by atoms with Crippen LogP contribution in [0.5, 0.6) is 5.75 Å². The molecule has 0 spiro atoms. The Balaban J connectivity index is 0.000000732. The molecular weight excluding hydrogens is 510 g/mol. The fraction of sp³-hybridized carbons (Fsp3) is 0.0741. The second-order valence-corrected chi connectivity index (χ2v) is 9.61. The van der Waals surface area contributed by atoms with Crippen molar-refractivity contribution in [3.8, 4) is 16.9 Å². The molecule has 0 aromatic heterocycles. The van der Waals surface area contributed by atoms with Gasteiger partial charge >= 0.3 is 5.97 Å². The SMILES string of the molecule is COc1ccc2cc(-c3ccccc3C(=O)O)c(C(=O)Nc3ccc(C(=N)N)cc3)cc2c1.CS(=O)(=O)O. The number of amides is 1. The number of anilines is 1. The van der Waals surface area contributed by atoms with Gasteiger partial charge in [0.05, 0.1) is 18.9 Å². The molecule has 0 saturated carbocycles. The van der Waals surface area contributed by atoms with Crippen LogP contribution in [-0.4, -0.2) is 49.2 Å². The first-order chi connectivity index (χ1) is 17.9. The number of methoxy groups -OCH3 is 1. The number of ether oxygens (including phenoxy) is 1. The molecule has 0 heterocycles. The summed E-state index contributed by atoms with van der Waals surface area (Å²) in [4.78, 5) is 25.2. The van der Waals surface area contributed by atoms with Crippen molar-refractivity contribution in [1.29, 1.82) is 5.41 Å². The molecule has 196 valence electrons. The number of hydrogen-bond donors (Lipinski definition) is 5. The van der Waals surface area contributed by atoms with Crippen LogP contribution < -0.4 is 15.8 Å². The number of nitrogens with two attached hydrogens (primary N) is 1. The Bertz CT molecular complexity index is 1620. The second kappa shape index (κ2) is 11.5. The summed E-state index contributed by atoms with van der Waals surface area (Å²) in [6.07, 6.45) is 0.715. The highest BCUT2D eigenvalue weighted by atomic mass is 32.2. The second-order valence-electron chi connectivity index (χ2n) is 8.14. The lowest BCUT2D eigenvalue weighted by Crippen LogP contribution is -2.15. The Labute approximate surface area is 218 Å². The molecule has 0 fully saturated rings. The van der Waals surface area contributed by atoms with Crippen molar-refractivity contribution in [1.82, 2.24) is 0 Å². The largest absolute Gasteiger partial charge is 0.497 e. The molecule has 0 atom stereocenters. The van der Waals surface area contributed by atoms with Gasteiger partial charge in [-0.25, -0.2) is 4.79 Å². The molecule has 0 aliphatic carbocycles. The molecular formula is C27H25N3O7S. The average molecular weight is 536 g/mol. The van der Waals surface area contributed by atoms with E-state index in [-0.39, 0.29) is 11.4 Å². The third-order valence-corrected chi connectivity index (χ3v) is 5.33. The summed E-state index contributed by atoms with van der Waals surface area (Å²) in [6.45, 7) is 0. The van der Waals surface area contributed by atoms with Crippen LogP contribution in [0.25, 0.3) is 21.9 Å². The van der Waals surface area contributed by atoms with Gasteiger partial charge in [-0.1, -0.05) is 24.3 Å². The molecule has 0 aliphatic heterocycles. The molecule has 38 heavy (non-hydrogen) atoms. The molecule has 0 aliphatic rings. The lowest BCUT2D eigenvalue weighted by Gasteiger charge is -2.15. The Kier molecular flexibility index (Phi) is 8.46. The molecule has 0 saturated heterocycles. The van der Waals surface area contributed by atoms with Gasteiger partial charge in [0, 0.05) is 16.8 Å². The zero-order valence-corrected chi connectivity index (χ0v) is 21.2. The van der Waals surface area contributed by atoms with Crippen LogP contribution in [0.4, 0.5) is 5.69 Å². The maximum atomic E-state index is 13.3. The maximum Gasteiger partial charge on any atom is 0.336 e. The number of carboxylic acids is 1. The lowest BCUT2D eigenvalue weighted by atomic mass is 9.92. The van der Waals surface area contributed by atoms with Crippen molar-refractivity contribution >= 4 is 44.3 Å². The summed E-state index contributed by atoms with van der Waals surface area (Å²) in [6, 6.07) is 22.2. The van der Waals surface area contributed by atoms with E-state index >= 15 is 0 Å². The Morgan fingerprint density at radius 3 is 2.11 bits per heavy atom. The number of aromatic carboxylic acids is 1. The molecule has 0 bridgehead atoms. The van der Waals surface area contributed by atoms with Crippen molar-refractivity contribution < 1.29 is 32.4 Å². The van der Waals surface area contributed by atoms with Crippen LogP contribution in [0.3, 0.4) is 0 Å². The molecule has 1 amide bonds. The van der Waals surface area contributed by atoms with Gasteiger partial charge in [-0.2, -0.15) is 8.42 Å². The van der Waals surface area contributed by atoms with Crippen LogP contribution in [0.1, 0.15) is 26.3 Å². The Hall–Kier alpha value is -4.74. The number of hydrogen-bond acceptors (Lipinski definition) is 6. The van der Waals surface area contributed by atoms with Crippen LogP contribution in [0.2, 0.25) is 0 Å². The zero-order valence-electron chi connectivity index (χ0n) is 20.4. The minimum Gasteiger partial charge on any atom is -0.497 e. The summed E-state index contributed by atoms with van der Waals surface area (Å²) in [7, 11) is -2.10. The van der Waals surface area contributed by atoms with Crippen LogP contribution >= 0.6 is 0 Å². The predicted octanol–water partition coefficient (Wildman–Crippen LogP) is 4.25. The number of carbonyl (C=O) groups is 2. The van der Waals surface area contributed by atoms with E-state index in [2.05, 4.69) is 5.32 Å².